The molecule has 0 saturated carbocycles. The van der Waals surface area contributed by atoms with Crippen LogP contribution in [-0.4, -0.2) is 23.0 Å². The maximum Gasteiger partial charge on any atom is 0.303 e. The molecule has 0 N–H and O–H groups in total. The number of hydrogen-bond acceptors (Lipinski definition) is 4. The van der Waals surface area contributed by atoms with Gasteiger partial charge >= 0.3 is 5.97 Å². The Kier molecular flexibility index (Phi) is 2.42. The standard InChI is InChI=1S/C7H9NO4/c1-5(9)12-7-3-2-6(4-7)8(10)11/h2-3,6-7H,4H2,1H3. The van der Waals surface area contributed by atoms with Crippen molar-refractivity contribution in [2.75, 3.05) is 0 Å². The molecule has 1 rings (SSSR count). The van der Waals surface area contributed by atoms with Crippen molar-refractivity contribution in [3.05, 3.63) is 22.3 Å². The minimum atomic E-state index is -0.700. The largest absolute Gasteiger partial charge is 0.458 e. The van der Waals surface area contributed by atoms with Gasteiger partial charge in [-0.05, 0) is 12.2 Å². The van der Waals surface area contributed by atoms with Crippen molar-refractivity contribution in [2.45, 2.75) is 25.5 Å². The van der Waals surface area contributed by atoms with Crippen LogP contribution >= 0.6 is 0 Å². The van der Waals surface area contributed by atoms with Crippen LogP contribution in [-0.2, 0) is 9.53 Å². The Labute approximate surface area is 69.2 Å². The molecule has 0 amide bonds. The van der Waals surface area contributed by atoms with Crippen molar-refractivity contribution in [3.63, 3.8) is 0 Å². The molecule has 0 saturated heterocycles. The number of nitrogens with zero attached hydrogens (tertiary/aromatic N) is 1. The summed E-state index contributed by atoms with van der Waals surface area (Å²) in [6.07, 6.45) is 2.84. The fraction of sp³-hybridized carbons (Fsp3) is 0.571. The van der Waals surface area contributed by atoms with Crippen molar-refractivity contribution in [2.24, 2.45) is 0 Å². The Balaban J connectivity index is 2.42. The van der Waals surface area contributed by atoms with E-state index < -0.39 is 18.1 Å². The van der Waals surface area contributed by atoms with Gasteiger partial charge in [-0.15, -0.1) is 0 Å². The quantitative estimate of drug-likeness (QED) is 0.263. The molecule has 0 radical (unpaired) electrons. The zero-order valence-electron chi connectivity index (χ0n) is 6.60. The summed E-state index contributed by atoms with van der Waals surface area (Å²) in [6, 6.07) is -0.700. The Bertz CT molecular complexity index is 236. The Morgan fingerprint density at radius 3 is 2.75 bits per heavy atom. The van der Waals surface area contributed by atoms with E-state index in [1.807, 2.05) is 0 Å². The van der Waals surface area contributed by atoms with Gasteiger partial charge in [0.25, 0.3) is 0 Å². The van der Waals surface area contributed by atoms with Crippen molar-refractivity contribution >= 4 is 5.97 Å². The van der Waals surface area contributed by atoms with Crippen LogP contribution in [0.2, 0.25) is 0 Å². The minimum Gasteiger partial charge on any atom is -0.458 e. The zero-order valence-corrected chi connectivity index (χ0v) is 6.60. The van der Waals surface area contributed by atoms with Crippen LogP contribution in [0.5, 0.6) is 0 Å². The maximum atomic E-state index is 10.5. The second-order valence-electron chi connectivity index (χ2n) is 2.62. The minimum absolute atomic E-state index is 0.257. The zero-order chi connectivity index (χ0) is 9.14. The molecule has 5 heteroatoms. The fourth-order valence-corrected chi connectivity index (χ4v) is 1.10. The molecule has 0 aromatic carbocycles. The predicted molar refractivity (Wildman–Crippen MR) is 40.1 cm³/mol. The molecular formula is C7H9NO4. The average molecular weight is 171 g/mol. The lowest BCUT2D eigenvalue weighted by molar-refractivity contribution is -0.509. The van der Waals surface area contributed by atoms with E-state index in [4.69, 9.17) is 4.74 Å². The fourth-order valence-electron chi connectivity index (χ4n) is 1.10. The van der Waals surface area contributed by atoms with Gasteiger partial charge in [-0.3, -0.25) is 14.9 Å². The van der Waals surface area contributed by atoms with Crippen molar-refractivity contribution < 1.29 is 14.5 Å². The molecule has 1 aliphatic rings. The van der Waals surface area contributed by atoms with E-state index in [9.17, 15) is 14.9 Å². The van der Waals surface area contributed by atoms with Gasteiger partial charge in [0, 0.05) is 11.8 Å². The summed E-state index contributed by atoms with van der Waals surface area (Å²) in [5.74, 6) is -0.409. The molecule has 2 atom stereocenters. The SMILES string of the molecule is CC(=O)OC1C=CC([N+](=O)[O-])C1. The summed E-state index contributed by atoms with van der Waals surface area (Å²) in [4.78, 5) is 20.3. The highest BCUT2D eigenvalue weighted by Gasteiger charge is 2.28. The van der Waals surface area contributed by atoms with E-state index in [0.717, 1.165) is 0 Å². The molecular weight excluding hydrogens is 162 g/mol. The van der Waals surface area contributed by atoms with Gasteiger partial charge in [0.15, 0.2) is 0 Å². The number of rotatable bonds is 2. The molecule has 1 aliphatic carbocycles. The van der Waals surface area contributed by atoms with Gasteiger partial charge in [0.1, 0.15) is 6.10 Å². The second-order valence-corrected chi connectivity index (χ2v) is 2.62. The number of esters is 1. The molecule has 12 heavy (non-hydrogen) atoms. The summed E-state index contributed by atoms with van der Waals surface area (Å²) in [7, 11) is 0. The highest BCUT2D eigenvalue weighted by molar-refractivity contribution is 5.66. The van der Waals surface area contributed by atoms with Gasteiger partial charge < -0.3 is 4.74 Å². The van der Waals surface area contributed by atoms with Crippen LogP contribution in [0.1, 0.15) is 13.3 Å². The van der Waals surface area contributed by atoms with Gasteiger partial charge in [-0.2, -0.15) is 0 Å². The molecule has 66 valence electrons. The van der Waals surface area contributed by atoms with Gasteiger partial charge in [0.2, 0.25) is 6.04 Å². The number of ether oxygens (including phenoxy) is 1. The molecule has 0 aromatic heterocycles. The van der Waals surface area contributed by atoms with Crippen LogP contribution in [0.25, 0.3) is 0 Å². The molecule has 0 bridgehead atoms. The van der Waals surface area contributed by atoms with Crippen LogP contribution in [0.3, 0.4) is 0 Å². The molecule has 0 heterocycles. The highest BCUT2D eigenvalue weighted by Crippen LogP contribution is 2.16. The lowest BCUT2D eigenvalue weighted by atomic mass is 10.2. The van der Waals surface area contributed by atoms with E-state index >= 15 is 0 Å². The van der Waals surface area contributed by atoms with Gasteiger partial charge in [0.05, 0.1) is 6.42 Å². The van der Waals surface area contributed by atoms with Gasteiger partial charge in [-0.1, -0.05) is 0 Å². The van der Waals surface area contributed by atoms with E-state index in [2.05, 4.69) is 0 Å². The average Bonchev–Trinajstić information content (AvgIpc) is 2.34. The highest BCUT2D eigenvalue weighted by atomic mass is 16.6. The molecule has 0 aromatic rings. The molecule has 2 unspecified atom stereocenters. The molecule has 0 fully saturated rings. The Hall–Kier alpha value is -1.39. The van der Waals surface area contributed by atoms with Crippen LogP contribution in [0, 0.1) is 10.1 Å². The summed E-state index contributed by atoms with van der Waals surface area (Å²) >= 11 is 0. The number of nitro groups is 1. The molecule has 5 nitrogen and oxygen atoms in total. The first-order chi connectivity index (χ1) is 5.59. The number of carbonyl (C=O) groups excluding carboxylic acids is 1. The first-order valence-electron chi connectivity index (χ1n) is 3.58. The van der Waals surface area contributed by atoms with Crippen LogP contribution in [0.4, 0.5) is 0 Å². The molecule has 0 aliphatic heterocycles. The van der Waals surface area contributed by atoms with E-state index in [0.29, 0.717) is 0 Å². The van der Waals surface area contributed by atoms with Crippen molar-refractivity contribution in [3.8, 4) is 0 Å². The summed E-state index contributed by atoms with van der Waals surface area (Å²) < 4.78 is 4.76. The Morgan fingerprint density at radius 1 is 1.67 bits per heavy atom. The van der Waals surface area contributed by atoms with Crippen molar-refractivity contribution in [1.82, 2.24) is 0 Å². The summed E-state index contributed by atoms with van der Waals surface area (Å²) in [6.45, 7) is 1.29. The smallest absolute Gasteiger partial charge is 0.303 e. The topological polar surface area (TPSA) is 69.4 Å². The monoisotopic (exact) mass is 171 g/mol. The van der Waals surface area contributed by atoms with E-state index in [1.165, 1.54) is 13.0 Å². The van der Waals surface area contributed by atoms with Crippen LogP contribution < -0.4 is 0 Å². The lowest BCUT2D eigenvalue weighted by Gasteiger charge is -2.07. The van der Waals surface area contributed by atoms with Crippen LogP contribution in [0.15, 0.2) is 12.2 Å². The Morgan fingerprint density at radius 2 is 2.33 bits per heavy atom. The van der Waals surface area contributed by atoms with E-state index in [1.54, 1.807) is 6.08 Å². The summed E-state index contributed by atoms with van der Waals surface area (Å²) in [5, 5.41) is 10.2. The molecule has 0 spiro atoms. The lowest BCUT2D eigenvalue weighted by Crippen LogP contribution is -2.19. The normalized spacial score (nSPS) is 27.1. The maximum absolute atomic E-state index is 10.5. The summed E-state index contributed by atoms with van der Waals surface area (Å²) in [5.41, 5.74) is 0. The number of hydrogen-bond donors (Lipinski definition) is 0. The van der Waals surface area contributed by atoms with Gasteiger partial charge in [-0.25, -0.2) is 0 Å². The first-order valence-corrected chi connectivity index (χ1v) is 3.58. The number of carbonyl (C=O) groups is 1. The van der Waals surface area contributed by atoms with E-state index in [-0.39, 0.29) is 11.3 Å². The third-order valence-electron chi connectivity index (χ3n) is 1.61. The first kappa shape index (κ1) is 8.70. The third-order valence-corrected chi connectivity index (χ3v) is 1.61. The third kappa shape index (κ3) is 2.05. The second kappa shape index (κ2) is 3.34. The predicted octanol–water partition coefficient (Wildman–Crippen LogP) is 0.523. The van der Waals surface area contributed by atoms with Crippen molar-refractivity contribution in [1.29, 1.82) is 0 Å².